The van der Waals surface area contributed by atoms with Crippen LogP contribution in [-0.2, 0) is 0 Å². The zero-order valence-electron chi connectivity index (χ0n) is 4.50. The first-order valence-corrected chi connectivity index (χ1v) is 2.95. The number of rotatable bonds is 1. The summed E-state index contributed by atoms with van der Waals surface area (Å²) < 4.78 is 0. The van der Waals surface area contributed by atoms with E-state index in [2.05, 4.69) is 0 Å². The van der Waals surface area contributed by atoms with Gasteiger partial charge in [0.1, 0.15) is 4.88 Å². The number of carboxylic acids is 1. The molecular formula is C5H6O3S. The van der Waals surface area contributed by atoms with Crippen LogP contribution in [0, 0.1) is 0 Å². The molecule has 1 rings (SSSR count). The fourth-order valence-corrected chi connectivity index (χ4v) is 0.962. The third kappa shape index (κ3) is 1.83. The second kappa shape index (κ2) is 3.21. The average molecular weight is 146 g/mol. The molecule has 0 amide bonds. The van der Waals surface area contributed by atoms with Crippen LogP contribution in [0.1, 0.15) is 9.67 Å². The molecule has 0 aromatic carbocycles. The summed E-state index contributed by atoms with van der Waals surface area (Å²) in [5, 5.41) is 10.0. The number of thiophene rings is 1. The number of hydrogen-bond acceptors (Lipinski definition) is 2. The van der Waals surface area contributed by atoms with Crippen LogP contribution in [0.15, 0.2) is 17.5 Å². The van der Waals surface area contributed by atoms with Crippen LogP contribution in [-0.4, -0.2) is 16.6 Å². The van der Waals surface area contributed by atoms with E-state index >= 15 is 0 Å². The van der Waals surface area contributed by atoms with Crippen molar-refractivity contribution >= 4 is 17.3 Å². The third-order valence-electron chi connectivity index (χ3n) is 0.732. The molecule has 50 valence electrons. The summed E-state index contributed by atoms with van der Waals surface area (Å²) in [5.41, 5.74) is 0. The molecule has 4 heteroatoms. The van der Waals surface area contributed by atoms with Gasteiger partial charge in [-0.25, -0.2) is 4.79 Å². The molecule has 0 saturated heterocycles. The second-order valence-electron chi connectivity index (χ2n) is 1.28. The minimum atomic E-state index is -0.847. The van der Waals surface area contributed by atoms with Crippen LogP contribution < -0.4 is 0 Å². The monoisotopic (exact) mass is 146 g/mol. The van der Waals surface area contributed by atoms with Crippen LogP contribution in [0.5, 0.6) is 0 Å². The van der Waals surface area contributed by atoms with Gasteiger partial charge in [0, 0.05) is 0 Å². The summed E-state index contributed by atoms with van der Waals surface area (Å²) in [6.45, 7) is 0. The van der Waals surface area contributed by atoms with Gasteiger partial charge >= 0.3 is 5.97 Å². The highest BCUT2D eigenvalue weighted by molar-refractivity contribution is 7.11. The SMILES string of the molecule is O.O=C(O)c1cccs1. The van der Waals surface area contributed by atoms with Gasteiger partial charge in [0.2, 0.25) is 0 Å². The van der Waals surface area contributed by atoms with Crippen LogP contribution in [0.25, 0.3) is 0 Å². The Balaban J connectivity index is 0.000000640. The molecule has 0 spiro atoms. The van der Waals surface area contributed by atoms with Gasteiger partial charge in [-0.15, -0.1) is 11.3 Å². The maximum Gasteiger partial charge on any atom is 0.345 e. The first-order chi connectivity index (χ1) is 3.80. The topological polar surface area (TPSA) is 68.8 Å². The van der Waals surface area contributed by atoms with Gasteiger partial charge in [-0.2, -0.15) is 0 Å². The van der Waals surface area contributed by atoms with Gasteiger partial charge in [0.25, 0.3) is 0 Å². The molecule has 0 saturated carbocycles. The van der Waals surface area contributed by atoms with E-state index < -0.39 is 5.97 Å². The lowest BCUT2D eigenvalue weighted by Gasteiger charge is -1.78. The van der Waals surface area contributed by atoms with E-state index in [0.29, 0.717) is 4.88 Å². The van der Waals surface area contributed by atoms with E-state index in [1.165, 1.54) is 11.3 Å². The van der Waals surface area contributed by atoms with E-state index in [1.54, 1.807) is 17.5 Å². The molecule has 3 N–H and O–H groups in total. The first-order valence-electron chi connectivity index (χ1n) is 2.07. The molecule has 0 unspecified atom stereocenters. The quantitative estimate of drug-likeness (QED) is 0.631. The Morgan fingerprint density at radius 2 is 2.33 bits per heavy atom. The van der Waals surface area contributed by atoms with E-state index in [4.69, 9.17) is 5.11 Å². The largest absolute Gasteiger partial charge is 0.477 e. The Bertz CT molecular complexity index is 180. The molecule has 0 fully saturated rings. The summed E-state index contributed by atoms with van der Waals surface area (Å²) in [6, 6.07) is 3.29. The standard InChI is InChI=1S/C5H4O2S.H2O/c6-5(7)4-2-1-3-8-4;/h1-3H,(H,6,7);1H2. The normalized spacial score (nSPS) is 8.00. The Morgan fingerprint density at radius 3 is 2.56 bits per heavy atom. The molecule has 0 aliphatic carbocycles. The maximum absolute atomic E-state index is 10.1. The molecule has 0 atom stereocenters. The summed E-state index contributed by atoms with van der Waals surface area (Å²) in [7, 11) is 0. The number of aromatic carboxylic acids is 1. The molecule has 1 heterocycles. The Kier molecular flexibility index (Phi) is 2.90. The highest BCUT2D eigenvalue weighted by atomic mass is 32.1. The molecule has 9 heavy (non-hydrogen) atoms. The van der Waals surface area contributed by atoms with Crippen LogP contribution in [0.2, 0.25) is 0 Å². The zero-order chi connectivity index (χ0) is 5.98. The molecular weight excluding hydrogens is 140 g/mol. The lowest BCUT2D eigenvalue weighted by molar-refractivity contribution is 0.0702. The fourth-order valence-electron chi connectivity index (χ4n) is 0.400. The van der Waals surface area contributed by atoms with Crippen molar-refractivity contribution in [2.45, 2.75) is 0 Å². The average Bonchev–Trinajstić information content (AvgIpc) is 2.12. The van der Waals surface area contributed by atoms with Crippen molar-refractivity contribution in [2.75, 3.05) is 0 Å². The molecule has 0 bridgehead atoms. The molecule has 1 aromatic rings. The summed E-state index contributed by atoms with van der Waals surface area (Å²) in [4.78, 5) is 10.5. The molecule has 0 radical (unpaired) electrons. The molecule has 0 aliphatic heterocycles. The van der Waals surface area contributed by atoms with E-state index in [-0.39, 0.29) is 5.48 Å². The minimum Gasteiger partial charge on any atom is -0.477 e. The minimum absolute atomic E-state index is 0. The predicted molar refractivity (Wildman–Crippen MR) is 34.9 cm³/mol. The van der Waals surface area contributed by atoms with Crippen molar-refractivity contribution in [3.63, 3.8) is 0 Å². The van der Waals surface area contributed by atoms with Gasteiger partial charge in [0.15, 0.2) is 0 Å². The number of carbonyl (C=O) groups is 1. The molecule has 0 aliphatic rings. The second-order valence-corrected chi connectivity index (χ2v) is 2.23. The van der Waals surface area contributed by atoms with Crippen molar-refractivity contribution in [1.82, 2.24) is 0 Å². The molecule has 3 nitrogen and oxygen atoms in total. The van der Waals surface area contributed by atoms with Crippen molar-refractivity contribution in [3.8, 4) is 0 Å². The zero-order valence-corrected chi connectivity index (χ0v) is 5.31. The van der Waals surface area contributed by atoms with Crippen LogP contribution in [0.4, 0.5) is 0 Å². The maximum atomic E-state index is 10.1. The third-order valence-corrected chi connectivity index (χ3v) is 1.59. The van der Waals surface area contributed by atoms with Crippen molar-refractivity contribution in [3.05, 3.63) is 22.4 Å². The summed E-state index contributed by atoms with van der Waals surface area (Å²) in [6.07, 6.45) is 0. The first kappa shape index (κ1) is 8.13. The van der Waals surface area contributed by atoms with Gasteiger partial charge in [-0.1, -0.05) is 6.07 Å². The van der Waals surface area contributed by atoms with Crippen molar-refractivity contribution in [1.29, 1.82) is 0 Å². The number of carboxylic acid groups (broad SMARTS) is 1. The lowest BCUT2D eigenvalue weighted by Crippen LogP contribution is -1.89. The van der Waals surface area contributed by atoms with E-state index in [9.17, 15) is 4.79 Å². The number of hydrogen-bond donors (Lipinski definition) is 1. The summed E-state index contributed by atoms with van der Waals surface area (Å²) >= 11 is 1.23. The van der Waals surface area contributed by atoms with Crippen LogP contribution in [0.3, 0.4) is 0 Å². The smallest absolute Gasteiger partial charge is 0.345 e. The fraction of sp³-hybridized carbons (Fsp3) is 0. The van der Waals surface area contributed by atoms with E-state index in [1.807, 2.05) is 0 Å². The van der Waals surface area contributed by atoms with E-state index in [0.717, 1.165) is 0 Å². The van der Waals surface area contributed by atoms with Crippen LogP contribution >= 0.6 is 11.3 Å². The van der Waals surface area contributed by atoms with Gasteiger partial charge < -0.3 is 10.6 Å². The highest BCUT2D eigenvalue weighted by Crippen LogP contribution is 2.06. The van der Waals surface area contributed by atoms with Crippen molar-refractivity contribution in [2.24, 2.45) is 0 Å². The van der Waals surface area contributed by atoms with Gasteiger partial charge in [-0.3, -0.25) is 0 Å². The Hall–Kier alpha value is -0.870. The summed E-state index contributed by atoms with van der Waals surface area (Å²) in [5.74, 6) is -0.847. The van der Waals surface area contributed by atoms with Gasteiger partial charge in [-0.05, 0) is 11.4 Å². The molecule has 1 aromatic heterocycles. The van der Waals surface area contributed by atoms with Crippen molar-refractivity contribution < 1.29 is 15.4 Å². The Morgan fingerprint density at radius 1 is 1.67 bits per heavy atom. The Labute approximate surface area is 55.9 Å². The van der Waals surface area contributed by atoms with Gasteiger partial charge in [0.05, 0.1) is 0 Å². The lowest BCUT2D eigenvalue weighted by atomic mass is 10.5. The highest BCUT2D eigenvalue weighted by Gasteiger charge is 1.99. The predicted octanol–water partition coefficient (Wildman–Crippen LogP) is 0.622.